The van der Waals surface area contributed by atoms with Gasteiger partial charge in [-0.25, -0.2) is 12.1 Å². The van der Waals surface area contributed by atoms with E-state index in [1.165, 1.54) is 0 Å². The van der Waals surface area contributed by atoms with Gasteiger partial charge in [-0.1, -0.05) is 53.8 Å². The maximum Gasteiger partial charge on any atom is 0.0428 e. The second-order valence-electron chi connectivity index (χ2n) is 4.75. The van der Waals surface area contributed by atoms with E-state index in [4.69, 9.17) is 0 Å². The maximum absolute atomic E-state index is 4.18. The predicted octanol–water partition coefficient (Wildman–Crippen LogP) is 5.23. The number of pyridine rings is 2. The summed E-state index contributed by atoms with van der Waals surface area (Å²) in [6.45, 7) is 12.5. The van der Waals surface area contributed by atoms with Gasteiger partial charge in [-0.15, -0.1) is 0 Å². The molecule has 0 aliphatic rings. The van der Waals surface area contributed by atoms with Crippen LogP contribution in [0.4, 0.5) is 0 Å². The number of rotatable bonds is 2. The predicted molar refractivity (Wildman–Crippen MR) is 86.8 cm³/mol. The second-order valence-corrected chi connectivity index (χ2v) is 4.75. The Balaban J connectivity index is 0. The monoisotopic (exact) mass is 458 g/mol. The van der Waals surface area contributed by atoms with Crippen molar-refractivity contribution in [1.82, 2.24) is 9.97 Å². The molecule has 0 bridgehead atoms. The number of hydrogen-bond donors (Lipinski definition) is 0. The van der Waals surface area contributed by atoms with Crippen molar-refractivity contribution in [2.75, 3.05) is 0 Å². The summed E-state index contributed by atoms with van der Waals surface area (Å²) in [5.41, 5.74) is 2.30. The fourth-order valence-corrected chi connectivity index (χ4v) is 1.39. The normalized spacial score (nSPS) is 8.95. The Labute approximate surface area is 144 Å². The molecule has 0 saturated carbocycles. The molecule has 21 heavy (non-hydrogen) atoms. The molecular formula is C18H27N2Re-. The second kappa shape index (κ2) is 13.9. The fourth-order valence-electron chi connectivity index (χ4n) is 1.39. The minimum Gasteiger partial charge on any atom is -0.300 e. The van der Waals surface area contributed by atoms with Gasteiger partial charge in [0.15, 0.2) is 0 Å². The summed E-state index contributed by atoms with van der Waals surface area (Å²) in [6.07, 6.45) is 3.53. The van der Waals surface area contributed by atoms with Gasteiger partial charge in [-0.05, 0) is 29.7 Å². The Hall–Kier alpha value is -1.04. The Kier molecular flexibility index (Phi) is 14.7. The van der Waals surface area contributed by atoms with E-state index in [0.717, 1.165) is 11.4 Å². The minimum absolute atomic E-state index is 0. The molecule has 0 atom stereocenters. The van der Waals surface area contributed by atoms with Gasteiger partial charge in [0.1, 0.15) is 0 Å². The van der Waals surface area contributed by atoms with Crippen LogP contribution < -0.4 is 0 Å². The molecule has 1 radical (unpaired) electrons. The largest absolute Gasteiger partial charge is 0.300 e. The zero-order chi connectivity index (χ0) is 15.4. The molecule has 117 valence electrons. The van der Waals surface area contributed by atoms with Crippen molar-refractivity contribution in [3.05, 3.63) is 60.2 Å². The van der Waals surface area contributed by atoms with Crippen LogP contribution in [-0.4, -0.2) is 9.97 Å². The van der Waals surface area contributed by atoms with Crippen LogP contribution in [0.2, 0.25) is 0 Å². The Morgan fingerprint density at radius 3 is 1.71 bits per heavy atom. The van der Waals surface area contributed by atoms with E-state index in [-0.39, 0.29) is 20.4 Å². The van der Waals surface area contributed by atoms with Crippen molar-refractivity contribution in [1.29, 1.82) is 0 Å². The molecule has 0 N–H and O–H groups in total. The van der Waals surface area contributed by atoms with E-state index in [2.05, 4.69) is 43.7 Å². The van der Waals surface area contributed by atoms with Gasteiger partial charge in [-0.2, -0.15) is 6.07 Å². The fraction of sp³-hybridized carbons (Fsp3) is 0.444. The summed E-state index contributed by atoms with van der Waals surface area (Å²) in [5.74, 6) is 1.07. The molecule has 0 aliphatic heterocycles. The van der Waals surface area contributed by atoms with E-state index in [1.807, 2.05) is 50.4 Å². The summed E-state index contributed by atoms with van der Waals surface area (Å²) in [7, 11) is 0. The third-order valence-electron chi connectivity index (χ3n) is 2.51. The Morgan fingerprint density at radius 1 is 0.857 bits per heavy atom. The molecule has 2 rings (SSSR count). The summed E-state index contributed by atoms with van der Waals surface area (Å²) in [6, 6.07) is 12.8. The number of hydrogen-bond acceptors (Lipinski definition) is 2. The average Bonchev–Trinajstić information content (AvgIpc) is 2.51. The smallest absolute Gasteiger partial charge is 0.0428 e. The molecule has 2 nitrogen and oxygen atoms in total. The molecule has 2 heterocycles. The molecule has 0 unspecified atom stereocenters. The first-order valence-electron chi connectivity index (χ1n) is 7.34. The van der Waals surface area contributed by atoms with Crippen molar-refractivity contribution in [3.63, 3.8) is 0 Å². The molecular weight excluding hydrogens is 430 g/mol. The van der Waals surface area contributed by atoms with E-state index in [9.17, 15) is 0 Å². The van der Waals surface area contributed by atoms with Crippen LogP contribution >= 0.6 is 0 Å². The summed E-state index contributed by atoms with van der Waals surface area (Å²) in [4.78, 5) is 8.30. The van der Waals surface area contributed by atoms with Crippen LogP contribution in [0, 0.1) is 6.07 Å². The molecule has 0 spiro atoms. The van der Waals surface area contributed by atoms with E-state index in [1.54, 1.807) is 6.20 Å². The van der Waals surface area contributed by atoms with Gasteiger partial charge in [-0.3, -0.25) is 4.98 Å². The zero-order valence-corrected chi connectivity index (χ0v) is 16.7. The van der Waals surface area contributed by atoms with Crippen molar-refractivity contribution in [3.8, 4) is 0 Å². The summed E-state index contributed by atoms with van der Waals surface area (Å²) < 4.78 is 0. The minimum atomic E-state index is 0. The van der Waals surface area contributed by atoms with Gasteiger partial charge in [0.2, 0.25) is 0 Å². The van der Waals surface area contributed by atoms with Crippen LogP contribution in [0.3, 0.4) is 0 Å². The van der Waals surface area contributed by atoms with Crippen molar-refractivity contribution in [2.24, 2.45) is 0 Å². The van der Waals surface area contributed by atoms with Crippen LogP contribution in [0.1, 0.15) is 64.8 Å². The summed E-state index contributed by atoms with van der Waals surface area (Å²) in [5, 5.41) is 0. The molecule has 3 heteroatoms. The first kappa shape index (κ1) is 22.2. The van der Waals surface area contributed by atoms with Gasteiger partial charge in [0, 0.05) is 32.3 Å². The third kappa shape index (κ3) is 10.3. The molecule has 0 aliphatic carbocycles. The van der Waals surface area contributed by atoms with Gasteiger partial charge >= 0.3 is 0 Å². The maximum atomic E-state index is 4.18. The van der Waals surface area contributed by atoms with Crippen molar-refractivity contribution < 1.29 is 20.4 Å². The Morgan fingerprint density at radius 2 is 1.43 bits per heavy atom. The van der Waals surface area contributed by atoms with Crippen molar-refractivity contribution >= 4 is 0 Å². The standard InChI is InChI=1S/C8H11N.C8H10N.C2H6.Re/c2*1-7(2)8-5-3-4-6-9-8;1-2;/h3-7H,1-2H3;3,5-7H,1-2H3;1-2H3;/q;-1;;. The first-order valence-corrected chi connectivity index (χ1v) is 7.34. The first-order chi connectivity index (χ1) is 9.61. The quantitative estimate of drug-likeness (QED) is 0.577. The van der Waals surface area contributed by atoms with Crippen LogP contribution in [0.25, 0.3) is 0 Å². The topological polar surface area (TPSA) is 25.8 Å². The SMILES string of the molecule is CC.CC(C)c1cc[c-]cn1.CC(C)c1ccccn1.[Re]. The molecule has 2 aromatic rings. The van der Waals surface area contributed by atoms with E-state index >= 15 is 0 Å². The van der Waals surface area contributed by atoms with Crippen LogP contribution in [0.15, 0.2) is 42.7 Å². The molecule has 0 fully saturated rings. The number of nitrogens with zero attached hydrogens (tertiary/aromatic N) is 2. The van der Waals surface area contributed by atoms with E-state index in [0.29, 0.717) is 11.8 Å². The number of aromatic nitrogens is 2. The van der Waals surface area contributed by atoms with Crippen LogP contribution in [-0.2, 0) is 20.4 Å². The molecule has 0 amide bonds. The molecule has 0 aromatic carbocycles. The molecule has 0 saturated heterocycles. The van der Waals surface area contributed by atoms with Gasteiger partial charge in [0.05, 0.1) is 0 Å². The third-order valence-corrected chi connectivity index (χ3v) is 2.51. The summed E-state index contributed by atoms with van der Waals surface area (Å²) >= 11 is 0. The molecule has 2 aromatic heterocycles. The van der Waals surface area contributed by atoms with E-state index < -0.39 is 0 Å². The Bertz CT molecular complexity index is 384. The average molecular weight is 458 g/mol. The van der Waals surface area contributed by atoms with Gasteiger partial charge in [0.25, 0.3) is 0 Å². The zero-order valence-electron chi connectivity index (χ0n) is 14.0. The van der Waals surface area contributed by atoms with Gasteiger partial charge < -0.3 is 4.98 Å². The van der Waals surface area contributed by atoms with Crippen LogP contribution in [0.5, 0.6) is 0 Å². The van der Waals surface area contributed by atoms with Crippen molar-refractivity contribution in [2.45, 2.75) is 53.4 Å².